The van der Waals surface area contributed by atoms with Crippen molar-refractivity contribution < 1.29 is 4.79 Å². The number of nitrogens with one attached hydrogen (secondary N) is 1. The molecule has 0 saturated heterocycles. The highest BCUT2D eigenvalue weighted by atomic mass is 79.9. The van der Waals surface area contributed by atoms with E-state index >= 15 is 0 Å². The molecular weight excluding hydrogens is 254 g/mol. The van der Waals surface area contributed by atoms with Crippen LogP contribution in [0.15, 0.2) is 0 Å². The highest BCUT2D eigenvalue weighted by Crippen LogP contribution is 2.09. The van der Waals surface area contributed by atoms with Crippen molar-refractivity contribution in [1.82, 2.24) is 5.32 Å². The topological polar surface area (TPSA) is 29.1 Å². The minimum atomic E-state index is 0.207. The Labute approximate surface area is 102 Å². The lowest BCUT2D eigenvalue weighted by molar-refractivity contribution is -0.125. The van der Waals surface area contributed by atoms with Gasteiger partial charge in [0, 0.05) is 17.8 Å². The normalized spacial score (nSPS) is 12.9. The van der Waals surface area contributed by atoms with Crippen molar-refractivity contribution >= 4 is 21.8 Å². The predicted octanol–water partition coefficient (Wildman–Crippen LogP) is 3.35. The van der Waals surface area contributed by atoms with E-state index in [1.807, 2.05) is 0 Å². The van der Waals surface area contributed by atoms with Gasteiger partial charge in [-0.15, -0.1) is 0 Å². The molecule has 0 aliphatic rings. The third kappa shape index (κ3) is 6.93. The molecular formula is C12H24BrNO. The quantitative estimate of drug-likeness (QED) is 0.535. The van der Waals surface area contributed by atoms with E-state index in [0.29, 0.717) is 5.92 Å². The molecule has 0 rings (SSSR count). The lowest BCUT2D eigenvalue weighted by Crippen LogP contribution is -2.31. The molecule has 1 N–H and O–H groups in total. The molecule has 90 valence electrons. The maximum Gasteiger partial charge on any atom is 0.223 e. The number of hydrogen-bond donors (Lipinski definition) is 1. The van der Waals surface area contributed by atoms with E-state index in [1.54, 1.807) is 0 Å². The molecule has 3 heteroatoms. The molecule has 2 nitrogen and oxygen atoms in total. The van der Waals surface area contributed by atoms with Gasteiger partial charge >= 0.3 is 0 Å². The van der Waals surface area contributed by atoms with Crippen molar-refractivity contribution in [1.29, 1.82) is 0 Å². The van der Waals surface area contributed by atoms with Crippen LogP contribution in [0, 0.1) is 11.8 Å². The van der Waals surface area contributed by atoms with Gasteiger partial charge in [0.05, 0.1) is 0 Å². The van der Waals surface area contributed by atoms with Crippen LogP contribution in [-0.2, 0) is 4.79 Å². The van der Waals surface area contributed by atoms with Gasteiger partial charge < -0.3 is 5.32 Å². The molecule has 0 bridgehead atoms. The summed E-state index contributed by atoms with van der Waals surface area (Å²) in [5, 5.41) is 4.06. The number of alkyl halides is 1. The van der Waals surface area contributed by atoms with Crippen molar-refractivity contribution in [3.05, 3.63) is 0 Å². The van der Waals surface area contributed by atoms with Gasteiger partial charge in [-0.1, -0.05) is 36.7 Å². The van der Waals surface area contributed by atoms with Crippen LogP contribution in [0.5, 0.6) is 0 Å². The van der Waals surface area contributed by atoms with Crippen LogP contribution < -0.4 is 5.32 Å². The molecule has 0 aromatic rings. The molecule has 0 fully saturated rings. The zero-order valence-electron chi connectivity index (χ0n) is 10.2. The molecule has 0 heterocycles. The average Bonchev–Trinajstić information content (AvgIpc) is 2.25. The Morgan fingerprint density at radius 3 is 2.40 bits per heavy atom. The molecule has 0 aromatic heterocycles. The zero-order valence-corrected chi connectivity index (χ0v) is 11.8. The maximum atomic E-state index is 11.6. The fourth-order valence-electron chi connectivity index (χ4n) is 1.54. The lowest BCUT2D eigenvalue weighted by Gasteiger charge is -2.13. The number of halogens is 1. The Morgan fingerprint density at radius 1 is 1.33 bits per heavy atom. The first-order chi connectivity index (χ1) is 7.15. The van der Waals surface area contributed by atoms with Gasteiger partial charge in [0.1, 0.15) is 0 Å². The summed E-state index contributed by atoms with van der Waals surface area (Å²) in [5.41, 5.74) is 0. The highest BCUT2D eigenvalue weighted by Gasteiger charge is 2.12. The lowest BCUT2D eigenvalue weighted by atomic mass is 10.0. The molecule has 15 heavy (non-hydrogen) atoms. The third-order valence-electron chi connectivity index (χ3n) is 2.79. The fourth-order valence-corrected chi connectivity index (χ4v) is 1.87. The molecule has 0 aromatic carbocycles. The van der Waals surface area contributed by atoms with Crippen LogP contribution in [-0.4, -0.2) is 17.8 Å². The number of amides is 1. The average molecular weight is 278 g/mol. The highest BCUT2D eigenvalue weighted by molar-refractivity contribution is 9.09. The summed E-state index contributed by atoms with van der Waals surface area (Å²) >= 11 is 3.45. The van der Waals surface area contributed by atoms with Crippen molar-refractivity contribution in [3.63, 3.8) is 0 Å². The van der Waals surface area contributed by atoms with Gasteiger partial charge in [-0.25, -0.2) is 0 Å². The minimum absolute atomic E-state index is 0.207. The molecule has 0 aliphatic carbocycles. The van der Waals surface area contributed by atoms with Crippen molar-refractivity contribution in [2.75, 3.05) is 11.9 Å². The molecule has 0 saturated carbocycles. The molecule has 0 spiro atoms. The Hall–Kier alpha value is -0.0500. The second-order valence-corrected chi connectivity index (χ2v) is 4.85. The summed E-state index contributed by atoms with van der Waals surface area (Å²) in [4.78, 5) is 11.6. The summed E-state index contributed by atoms with van der Waals surface area (Å²) < 4.78 is 0. The van der Waals surface area contributed by atoms with Crippen LogP contribution in [0.3, 0.4) is 0 Å². The first-order valence-electron chi connectivity index (χ1n) is 5.99. The van der Waals surface area contributed by atoms with Gasteiger partial charge in [0.15, 0.2) is 0 Å². The van der Waals surface area contributed by atoms with Crippen LogP contribution in [0.4, 0.5) is 0 Å². The SMILES string of the molecule is CCC(CC)C(=O)NCCCC(C)CBr. The van der Waals surface area contributed by atoms with E-state index in [4.69, 9.17) is 0 Å². The van der Waals surface area contributed by atoms with E-state index in [2.05, 4.69) is 42.0 Å². The van der Waals surface area contributed by atoms with Crippen LogP contribution >= 0.6 is 15.9 Å². The number of carbonyl (C=O) groups excluding carboxylic acids is 1. The standard InChI is InChI=1S/C12H24BrNO/c1-4-11(5-2)12(15)14-8-6-7-10(3)9-13/h10-11H,4-9H2,1-3H3,(H,14,15). The third-order valence-corrected chi connectivity index (χ3v) is 3.90. The summed E-state index contributed by atoms with van der Waals surface area (Å²) in [7, 11) is 0. The van der Waals surface area contributed by atoms with Crippen LogP contribution in [0.25, 0.3) is 0 Å². The molecule has 1 atom stereocenters. The molecule has 0 radical (unpaired) electrons. The minimum Gasteiger partial charge on any atom is -0.356 e. The summed E-state index contributed by atoms with van der Waals surface area (Å²) in [5.74, 6) is 1.14. The Kier molecular flexibility index (Phi) is 9.17. The van der Waals surface area contributed by atoms with E-state index < -0.39 is 0 Å². The summed E-state index contributed by atoms with van der Waals surface area (Å²) in [6.45, 7) is 7.19. The van der Waals surface area contributed by atoms with Crippen LogP contribution in [0.2, 0.25) is 0 Å². The van der Waals surface area contributed by atoms with Gasteiger partial charge in [0.2, 0.25) is 5.91 Å². The summed E-state index contributed by atoms with van der Waals surface area (Å²) in [6.07, 6.45) is 4.15. The van der Waals surface area contributed by atoms with E-state index in [1.165, 1.54) is 6.42 Å². The molecule has 1 amide bonds. The van der Waals surface area contributed by atoms with Crippen molar-refractivity contribution in [3.8, 4) is 0 Å². The smallest absolute Gasteiger partial charge is 0.223 e. The van der Waals surface area contributed by atoms with Crippen molar-refractivity contribution in [2.24, 2.45) is 11.8 Å². The molecule has 0 aliphatic heterocycles. The van der Waals surface area contributed by atoms with Gasteiger partial charge in [-0.05, 0) is 31.6 Å². The second kappa shape index (κ2) is 9.20. The van der Waals surface area contributed by atoms with Gasteiger partial charge in [-0.2, -0.15) is 0 Å². The first kappa shape index (κ1) is 14.9. The Bertz CT molecular complexity index is 169. The zero-order chi connectivity index (χ0) is 11.7. The van der Waals surface area contributed by atoms with Gasteiger partial charge in [0.25, 0.3) is 0 Å². The Morgan fingerprint density at radius 2 is 1.93 bits per heavy atom. The van der Waals surface area contributed by atoms with Gasteiger partial charge in [-0.3, -0.25) is 4.79 Å². The van der Waals surface area contributed by atoms with Crippen LogP contribution in [0.1, 0.15) is 46.5 Å². The Balaban J connectivity index is 3.54. The predicted molar refractivity (Wildman–Crippen MR) is 69.3 cm³/mol. The maximum absolute atomic E-state index is 11.6. The second-order valence-electron chi connectivity index (χ2n) is 4.21. The number of carbonyl (C=O) groups is 1. The first-order valence-corrected chi connectivity index (χ1v) is 7.11. The largest absolute Gasteiger partial charge is 0.356 e. The monoisotopic (exact) mass is 277 g/mol. The number of rotatable bonds is 8. The van der Waals surface area contributed by atoms with E-state index in [0.717, 1.165) is 31.1 Å². The fraction of sp³-hybridized carbons (Fsp3) is 0.917. The van der Waals surface area contributed by atoms with E-state index in [9.17, 15) is 4.79 Å². The number of hydrogen-bond acceptors (Lipinski definition) is 1. The van der Waals surface area contributed by atoms with Crippen molar-refractivity contribution in [2.45, 2.75) is 46.5 Å². The summed E-state index contributed by atoms with van der Waals surface area (Å²) in [6, 6.07) is 0. The molecule has 1 unspecified atom stereocenters. The van der Waals surface area contributed by atoms with E-state index in [-0.39, 0.29) is 11.8 Å².